The number of hydrogen-bond donors (Lipinski definition) is 3. The highest BCUT2D eigenvalue weighted by Crippen LogP contribution is 2.31. The first-order chi connectivity index (χ1) is 11.4. The fraction of sp³-hybridized carbons (Fsp3) is 0.867. The second-order valence-corrected chi connectivity index (χ2v) is 10.6. The molecule has 1 fully saturated rings. The fourth-order valence-corrected chi connectivity index (χ4v) is 4.06. The third-order valence-electron chi connectivity index (χ3n) is 3.21. The van der Waals surface area contributed by atoms with Gasteiger partial charge in [-0.25, -0.2) is 14.3 Å². The first kappa shape index (κ1) is 22.8. The number of carbonyl (C=O) groups excluding carboxylic acids is 2. The van der Waals surface area contributed by atoms with Gasteiger partial charge < -0.3 is 9.47 Å². The quantitative estimate of drug-likeness (QED) is 0.612. The number of thiol groups is 1. The monoisotopic (exact) mass is 411 g/mol. The van der Waals surface area contributed by atoms with Gasteiger partial charge in [0.2, 0.25) is 0 Å². The van der Waals surface area contributed by atoms with Crippen molar-refractivity contribution in [2.45, 2.75) is 77.0 Å². The fourth-order valence-electron chi connectivity index (χ4n) is 2.46. The second-order valence-electron chi connectivity index (χ2n) is 8.43. The van der Waals surface area contributed by atoms with Gasteiger partial charge in [-0.1, -0.05) is 0 Å². The minimum Gasteiger partial charge on any atom is -0.444 e. The molecule has 1 aliphatic heterocycles. The number of hydrogen-bond acceptors (Lipinski definition) is 7. The third-order valence-corrected chi connectivity index (χ3v) is 4.70. The molecule has 0 unspecified atom stereocenters. The molecule has 2 N–H and O–H groups in total. The average molecular weight is 412 g/mol. The molecule has 1 rings (SSSR count). The van der Waals surface area contributed by atoms with Gasteiger partial charge in [0.25, 0.3) is 0 Å². The maximum absolute atomic E-state index is 12.4. The van der Waals surface area contributed by atoms with Crippen LogP contribution in [0.15, 0.2) is 0 Å². The van der Waals surface area contributed by atoms with E-state index < -0.39 is 39.3 Å². The molecule has 0 aromatic carbocycles. The zero-order valence-electron chi connectivity index (χ0n) is 16.2. The summed E-state index contributed by atoms with van der Waals surface area (Å²) in [6.45, 7) is 11.7. The van der Waals surface area contributed by atoms with Gasteiger partial charge in [-0.2, -0.15) is 25.8 Å². The Hall–Kier alpha value is -1.20. The highest BCUT2D eigenvalue weighted by Gasteiger charge is 2.47. The lowest BCUT2D eigenvalue weighted by Crippen LogP contribution is -2.60. The van der Waals surface area contributed by atoms with Crippen LogP contribution in [0.2, 0.25) is 0 Å². The number of ether oxygens (including phenoxy) is 2. The van der Waals surface area contributed by atoms with Crippen molar-refractivity contribution >= 4 is 35.0 Å². The number of rotatable bonds is 3. The summed E-state index contributed by atoms with van der Waals surface area (Å²) in [5.74, 6) is 0. The lowest BCUT2D eigenvalue weighted by atomic mass is 10.1. The summed E-state index contributed by atoms with van der Waals surface area (Å²) < 4.78 is 39.0. The normalized spacial score (nSPS) is 24.3. The highest BCUT2D eigenvalue weighted by molar-refractivity contribution is 7.88. The van der Waals surface area contributed by atoms with E-state index >= 15 is 0 Å². The van der Waals surface area contributed by atoms with Crippen molar-refractivity contribution in [3.05, 3.63) is 0 Å². The van der Waals surface area contributed by atoms with E-state index in [-0.39, 0.29) is 18.2 Å². The van der Waals surface area contributed by atoms with Crippen LogP contribution in [0, 0.1) is 0 Å². The molecular formula is C15H29N3O6S2. The van der Waals surface area contributed by atoms with Crippen molar-refractivity contribution in [1.82, 2.24) is 14.3 Å². The van der Waals surface area contributed by atoms with Crippen LogP contribution in [0.25, 0.3) is 0 Å². The van der Waals surface area contributed by atoms with Crippen LogP contribution in [0.4, 0.5) is 9.59 Å². The summed E-state index contributed by atoms with van der Waals surface area (Å²) in [7, 11) is -4.29. The van der Waals surface area contributed by atoms with Gasteiger partial charge in [0, 0.05) is 11.8 Å². The van der Waals surface area contributed by atoms with Crippen LogP contribution in [-0.2, 0) is 19.7 Å². The molecule has 152 valence electrons. The van der Waals surface area contributed by atoms with Crippen LogP contribution in [0.1, 0.15) is 54.9 Å². The molecule has 0 saturated carbocycles. The third kappa shape index (κ3) is 7.20. The van der Waals surface area contributed by atoms with Crippen molar-refractivity contribution in [3.8, 4) is 0 Å². The molecule has 2 atom stereocenters. The zero-order chi connectivity index (χ0) is 20.6. The van der Waals surface area contributed by atoms with E-state index in [9.17, 15) is 18.0 Å². The van der Waals surface area contributed by atoms with Gasteiger partial charge in [-0.3, -0.25) is 4.90 Å². The standard InChI is InChI=1S/C15H29N3O6S2/c1-13(2,3)23-11(19)16-26(21,22)17-15(7)8-10(25)9-18(15)12(20)24-14(4,5)6/h10,17,25H,8-9H2,1-7H3,(H,16,19)/t10-,15+/m0/s1. The number of nitrogens with one attached hydrogen (secondary N) is 2. The Morgan fingerprint density at radius 1 is 1.12 bits per heavy atom. The van der Waals surface area contributed by atoms with Crippen LogP contribution in [-0.4, -0.2) is 54.2 Å². The summed E-state index contributed by atoms with van der Waals surface area (Å²) in [5, 5.41) is -0.253. The smallest absolute Gasteiger partial charge is 0.422 e. The van der Waals surface area contributed by atoms with E-state index in [0.717, 1.165) is 0 Å². The van der Waals surface area contributed by atoms with E-state index in [0.29, 0.717) is 0 Å². The molecule has 9 nitrogen and oxygen atoms in total. The van der Waals surface area contributed by atoms with Crippen molar-refractivity contribution in [2.24, 2.45) is 0 Å². The van der Waals surface area contributed by atoms with Crippen LogP contribution in [0.5, 0.6) is 0 Å². The van der Waals surface area contributed by atoms with Gasteiger partial charge in [0.1, 0.15) is 16.9 Å². The van der Waals surface area contributed by atoms with Gasteiger partial charge in [-0.15, -0.1) is 0 Å². The number of amides is 2. The van der Waals surface area contributed by atoms with Crippen LogP contribution in [0.3, 0.4) is 0 Å². The summed E-state index contributed by atoms with van der Waals surface area (Å²) in [6.07, 6.45) is -1.54. The minimum absolute atomic E-state index is 0.198. The lowest BCUT2D eigenvalue weighted by molar-refractivity contribution is 0.00903. The topological polar surface area (TPSA) is 114 Å². The predicted molar refractivity (Wildman–Crippen MR) is 100 cm³/mol. The van der Waals surface area contributed by atoms with Crippen molar-refractivity contribution < 1.29 is 27.5 Å². The Morgan fingerprint density at radius 2 is 1.62 bits per heavy atom. The molecule has 11 heteroatoms. The lowest BCUT2D eigenvalue weighted by Gasteiger charge is -2.36. The second kappa shape index (κ2) is 7.43. The molecule has 0 spiro atoms. The molecule has 1 aliphatic rings. The SMILES string of the molecule is CC(C)(C)OC(=O)NS(=O)(=O)N[C@@]1(C)C[C@H](S)CN1C(=O)OC(C)(C)C. The van der Waals surface area contributed by atoms with Gasteiger partial charge in [0.15, 0.2) is 0 Å². The molecule has 0 aromatic rings. The van der Waals surface area contributed by atoms with E-state index in [1.807, 2.05) is 0 Å². The number of likely N-dealkylation sites (tertiary alicyclic amines) is 1. The summed E-state index contributed by atoms with van der Waals surface area (Å²) in [6, 6.07) is 0. The predicted octanol–water partition coefficient (Wildman–Crippen LogP) is 2.00. The van der Waals surface area contributed by atoms with E-state index in [1.54, 1.807) is 46.3 Å². The molecule has 26 heavy (non-hydrogen) atoms. The molecule has 1 saturated heterocycles. The molecule has 0 bridgehead atoms. The van der Waals surface area contributed by atoms with Crippen LogP contribution < -0.4 is 9.44 Å². The van der Waals surface area contributed by atoms with Crippen molar-refractivity contribution in [3.63, 3.8) is 0 Å². The molecule has 0 aliphatic carbocycles. The molecular weight excluding hydrogens is 382 g/mol. The number of nitrogens with zero attached hydrogens (tertiary/aromatic N) is 1. The Labute approximate surface area is 160 Å². The Morgan fingerprint density at radius 3 is 2.08 bits per heavy atom. The maximum atomic E-state index is 12.4. The molecule has 2 amide bonds. The average Bonchev–Trinajstić information content (AvgIpc) is 2.56. The Bertz CT molecular complexity index is 653. The Kier molecular flexibility index (Phi) is 6.53. The zero-order valence-corrected chi connectivity index (χ0v) is 18.0. The van der Waals surface area contributed by atoms with Crippen molar-refractivity contribution in [1.29, 1.82) is 0 Å². The van der Waals surface area contributed by atoms with Crippen LogP contribution >= 0.6 is 12.6 Å². The highest BCUT2D eigenvalue weighted by atomic mass is 32.2. The van der Waals surface area contributed by atoms with E-state index in [2.05, 4.69) is 17.4 Å². The summed E-state index contributed by atoms with van der Waals surface area (Å²) in [4.78, 5) is 25.4. The van der Waals surface area contributed by atoms with Gasteiger partial charge in [0.05, 0.1) is 0 Å². The molecule has 1 heterocycles. The maximum Gasteiger partial charge on any atom is 0.422 e. The Balaban J connectivity index is 2.92. The van der Waals surface area contributed by atoms with Crippen molar-refractivity contribution in [2.75, 3.05) is 6.54 Å². The van der Waals surface area contributed by atoms with E-state index in [1.165, 1.54) is 11.8 Å². The summed E-state index contributed by atoms with van der Waals surface area (Å²) >= 11 is 4.35. The minimum atomic E-state index is -4.29. The van der Waals surface area contributed by atoms with E-state index in [4.69, 9.17) is 9.47 Å². The molecule has 0 aromatic heterocycles. The van der Waals surface area contributed by atoms with Gasteiger partial charge in [-0.05, 0) is 54.9 Å². The first-order valence-electron chi connectivity index (χ1n) is 8.16. The molecule has 0 radical (unpaired) electrons. The summed E-state index contributed by atoms with van der Waals surface area (Å²) in [5.41, 5.74) is -2.89. The van der Waals surface area contributed by atoms with Gasteiger partial charge >= 0.3 is 22.4 Å². The largest absolute Gasteiger partial charge is 0.444 e. The number of carbonyl (C=O) groups is 2. The first-order valence-corrected chi connectivity index (χ1v) is 10.2.